The van der Waals surface area contributed by atoms with Crippen LogP contribution in [0.25, 0.3) is 21.1 Å². The molecule has 10 atom stereocenters. The molecule has 6 heterocycles. The zero-order valence-corrected chi connectivity index (χ0v) is 67.0. The molecule has 9 aliphatic rings. The summed E-state index contributed by atoms with van der Waals surface area (Å²) in [5, 5.41) is 15.2. The number of pyridine rings is 2. The molecule has 7 saturated carbocycles. The van der Waals surface area contributed by atoms with E-state index in [2.05, 4.69) is 53.8 Å². The Kier molecular flexibility index (Phi) is 23.2. The van der Waals surface area contributed by atoms with Crippen LogP contribution >= 0.6 is 22.7 Å². The fourth-order valence-corrected chi connectivity index (χ4v) is 20.8. The van der Waals surface area contributed by atoms with Gasteiger partial charge in [0.15, 0.2) is 0 Å². The third kappa shape index (κ3) is 18.2. The largest absolute Gasteiger partial charge is 0.488 e. The second-order valence-electron chi connectivity index (χ2n) is 33.7. The first-order valence-corrected chi connectivity index (χ1v) is 43.4. The molecule has 7 aliphatic carbocycles. The van der Waals surface area contributed by atoms with Gasteiger partial charge in [-0.25, -0.2) is 26.4 Å². The van der Waals surface area contributed by atoms with Gasteiger partial charge in [-0.3, -0.25) is 48.2 Å². The molecule has 30 heteroatoms. The lowest BCUT2D eigenvalue weighted by molar-refractivity contribution is -0.143. The summed E-state index contributed by atoms with van der Waals surface area (Å²) >= 11 is 3.07. The molecule has 5 aromatic rings. The smallest absolute Gasteiger partial charge is 0.408 e. The number of benzene rings is 1. The number of ether oxygens (including phenoxy) is 4. The van der Waals surface area contributed by atoms with Gasteiger partial charge in [0.05, 0.1) is 43.7 Å². The molecule has 2 unspecified atom stereocenters. The van der Waals surface area contributed by atoms with Crippen LogP contribution < -0.4 is 40.2 Å². The summed E-state index contributed by atoms with van der Waals surface area (Å²) in [4.78, 5) is 126. The van der Waals surface area contributed by atoms with Crippen molar-refractivity contribution in [2.24, 2.45) is 28.6 Å². The zero-order chi connectivity index (χ0) is 79.1. The molecule has 0 radical (unpaired) electrons. The number of nitrogens with one attached hydrogen (secondary N) is 6. The molecule has 111 heavy (non-hydrogen) atoms. The maximum absolute atomic E-state index is 14.6. The van der Waals surface area contributed by atoms with Crippen LogP contribution in [0.15, 0.2) is 127 Å². The number of likely N-dealkylation sites (tertiary alicyclic amines) is 2. The van der Waals surface area contributed by atoms with E-state index in [0.29, 0.717) is 55.2 Å². The van der Waals surface area contributed by atoms with Gasteiger partial charge in [0.1, 0.15) is 71.2 Å². The summed E-state index contributed by atoms with van der Waals surface area (Å²) < 4.78 is 81.3. The predicted octanol–water partition coefficient (Wildman–Crippen LogP) is 10.6. The Morgan fingerprint density at radius 1 is 0.559 bits per heavy atom. The van der Waals surface area contributed by atoms with Crippen LogP contribution in [0.1, 0.15) is 169 Å². The highest BCUT2D eigenvalue weighted by Gasteiger charge is 2.66. The lowest BCUT2D eigenvalue weighted by Crippen LogP contribution is -2.60. The minimum Gasteiger partial charge on any atom is -0.488 e. The van der Waals surface area contributed by atoms with E-state index < -0.39 is 147 Å². The van der Waals surface area contributed by atoms with Gasteiger partial charge in [-0.1, -0.05) is 109 Å². The number of thiophene rings is 2. The van der Waals surface area contributed by atoms with Crippen molar-refractivity contribution in [3.05, 3.63) is 133 Å². The van der Waals surface area contributed by atoms with Gasteiger partial charge in [0.2, 0.25) is 43.7 Å². The fraction of sp³-hybridized carbons (Fsp3) is 0.556. The number of nitrogens with zero attached hydrogens (tertiary/aromatic N) is 4. The Balaban J connectivity index is 0.000000195. The quantitative estimate of drug-likeness (QED) is 0.0253. The molecule has 9 fully saturated rings. The van der Waals surface area contributed by atoms with Crippen LogP contribution in [0.4, 0.5) is 9.59 Å². The van der Waals surface area contributed by atoms with Gasteiger partial charge in [0.25, 0.3) is 11.8 Å². The minimum atomic E-state index is -4.14. The molecule has 14 rings (SSSR count). The minimum absolute atomic E-state index is 0.0000205. The number of carbonyl (C=O) groups is 8. The normalized spacial score (nSPS) is 25.6. The SMILES string of the molecule is C=C[C@@H]1C[C@]1(NC(=O)[C@@H]1CC(Oc2ccnc(-c3cccs3)c2)CN1C(=O)[C@@H](NC(=O)OC1CCCC1)C(C)(C)C)C(=O)NS(=O)(=O)C1(CC2CC2)CC1.C=C[C@@H]1C[C@]1(NC(=O)[C@@H]1CC(Oc2ccnc(-c3cccs3)c2)CN1C(=O)[C@@H](NC(=O)OC1CCCC1)C(C)(C)C)C(=O)NS(=O)(=O)C1(Cc2ccccc2)CC1. The molecule has 0 bridgehead atoms. The van der Waals surface area contributed by atoms with E-state index in [1.54, 1.807) is 36.7 Å². The molecule has 596 valence electrons. The van der Waals surface area contributed by atoms with E-state index in [9.17, 15) is 55.2 Å². The number of hydrogen-bond donors (Lipinski definition) is 6. The first kappa shape index (κ1) is 80.3. The Morgan fingerprint density at radius 3 is 1.33 bits per heavy atom. The number of hydrogen-bond acceptors (Lipinski definition) is 20. The van der Waals surface area contributed by atoms with Crippen LogP contribution in [0.2, 0.25) is 0 Å². The maximum atomic E-state index is 14.6. The highest BCUT2D eigenvalue weighted by Crippen LogP contribution is 2.54. The molecular weight excluding hydrogens is 1500 g/mol. The van der Waals surface area contributed by atoms with Gasteiger partial charge in [0, 0.05) is 49.2 Å². The van der Waals surface area contributed by atoms with E-state index in [-0.39, 0.29) is 57.4 Å². The Hall–Kier alpha value is -8.74. The number of sulfonamides is 2. The molecule has 8 amide bonds. The van der Waals surface area contributed by atoms with Crippen molar-refractivity contribution in [3.63, 3.8) is 0 Å². The number of amides is 8. The van der Waals surface area contributed by atoms with Crippen LogP contribution in [0.3, 0.4) is 0 Å². The van der Waals surface area contributed by atoms with Crippen molar-refractivity contribution < 1.29 is 74.1 Å². The van der Waals surface area contributed by atoms with Crippen molar-refractivity contribution in [2.75, 3.05) is 13.1 Å². The summed E-state index contributed by atoms with van der Waals surface area (Å²) in [5.74, 6) is -3.61. The summed E-state index contributed by atoms with van der Waals surface area (Å²) in [6.45, 7) is 18.6. The van der Waals surface area contributed by atoms with E-state index in [4.69, 9.17) is 18.9 Å². The lowest BCUT2D eigenvalue weighted by Gasteiger charge is -2.35. The van der Waals surface area contributed by atoms with Crippen molar-refractivity contribution in [1.82, 2.24) is 50.5 Å². The van der Waals surface area contributed by atoms with E-state index in [1.807, 2.05) is 107 Å². The molecule has 6 N–H and O–H groups in total. The van der Waals surface area contributed by atoms with Crippen molar-refractivity contribution in [3.8, 4) is 32.6 Å². The summed E-state index contributed by atoms with van der Waals surface area (Å²) in [6, 6.07) is 19.7. The van der Waals surface area contributed by atoms with Gasteiger partial charge < -0.3 is 50.0 Å². The highest BCUT2D eigenvalue weighted by atomic mass is 32.2. The van der Waals surface area contributed by atoms with Gasteiger partial charge >= 0.3 is 12.2 Å². The molecular formula is C81H102N10O16S4. The second kappa shape index (κ2) is 32.0. The lowest BCUT2D eigenvalue weighted by atomic mass is 9.85. The van der Waals surface area contributed by atoms with Crippen molar-refractivity contribution >= 4 is 90.3 Å². The number of carbonyl (C=O) groups excluding carboxylic acids is 8. The molecule has 2 saturated heterocycles. The Morgan fingerprint density at radius 2 is 0.973 bits per heavy atom. The average molecular weight is 1600 g/mol. The molecule has 2 aliphatic heterocycles. The highest BCUT2D eigenvalue weighted by molar-refractivity contribution is 7.92. The van der Waals surface area contributed by atoms with Gasteiger partial charge in [-0.15, -0.1) is 35.8 Å². The summed E-state index contributed by atoms with van der Waals surface area (Å²) in [7, 11) is -8.13. The van der Waals surface area contributed by atoms with E-state index in [1.165, 1.54) is 44.6 Å². The van der Waals surface area contributed by atoms with Crippen molar-refractivity contribution in [2.45, 2.75) is 239 Å². The van der Waals surface area contributed by atoms with Crippen LogP contribution in [-0.4, -0.2) is 166 Å². The molecule has 4 aromatic heterocycles. The van der Waals surface area contributed by atoms with Crippen LogP contribution in [0.5, 0.6) is 11.5 Å². The number of aromatic nitrogens is 2. The Bertz CT molecular complexity index is 4550. The molecule has 1 aromatic carbocycles. The standard InChI is InChI=1S/C42H51N5O8S2.C39H51N5O8S2/c1-5-28-25-42(28,38(50)46-57(52,53)41(18-19-41)24-27-12-7-6-8-13-27)45-36(48)33-23-31(54-30-17-20-43-32(22-30)34-16-11-21-56-34)26-47(33)37(49)35(40(2,3)4)44-39(51)55-29-14-9-10-15-29;1-5-25-22-39(25,35(47)43-54(49,50)38(15-16-38)21-24-12-13-24)42-33(45)30-20-28(51-27-14-17-40-29(19-27)31-11-8-18-53-31)23-44(30)34(46)32(37(2,3)4)41-36(48)52-26-9-6-7-10-26/h5-8,11-13,16-17,20-22,28-29,31,33,35H,1,9-10,14-15,18-19,23-26H2,2-4H3,(H,44,51)(H,45,48)(H,46,50);5,8,11,14,17-19,24-26,28,30,32H,1,6-7,9-10,12-13,15-16,20-23H2,2-4H3,(H,41,48)(H,42,45)(H,43,47)/t28-,31?,33+,35-,42-;25-,28?,30+,32-,39-/m11/s1. The fourth-order valence-electron chi connectivity index (χ4n) is 16.0. The number of alkyl carbamates (subject to hydrolysis) is 2. The number of rotatable bonds is 28. The third-order valence-electron chi connectivity index (χ3n) is 23.3. The van der Waals surface area contributed by atoms with Crippen LogP contribution in [-0.2, 0) is 64.7 Å². The van der Waals surface area contributed by atoms with Crippen LogP contribution in [0, 0.1) is 28.6 Å². The topological polar surface area (TPSA) is 346 Å². The summed E-state index contributed by atoms with van der Waals surface area (Å²) in [6.07, 6.45) is 15.2. The zero-order valence-electron chi connectivity index (χ0n) is 63.7. The third-order valence-corrected chi connectivity index (χ3v) is 29.4. The van der Waals surface area contributed by atoms with E-state index in [0.717, 1.165) is 85.2 Å². The Labute approximate surface area is 657 Å². The molecule has 0 spiro atoms. The first-order valence-electron chi connectivity index (χ1n) is 38.7. The monoisotopic (exact) mass is 1600 g/mol. The predicted molar refractivity (Wildman–Crippen MR) is 418 cm³/mol. The summed E-state index contributed by atoms with van der Waals surface area (Å²) in [5.41, 5.74) is -2.41. The maximum Gasteiger partial charge on any atom is 0.408 e. The van der Waals surface area contributed by atoms with Gasteiger partial charge in [-0.05, 0) is 160 Å². The van der Waals surface area contributed by atoms with E-state index >= 15 is 0 Å². The first-order chi connectivity index (χ1) is 52.8. The van der Waals surface area contributed by atoms with Gasteiger partial charge in [-0.2, -0.15) is 0 Å². The molecule has 26 nitrogen and oxygen atoms in total. The average Bonchev–Trinajstić information content (AvgIpc) is 1.57. The van der Waals surface area contributed by atoms with Crippen molar-refractivity contribution in [1.29, 1.82) is 0 Å². The second-order valence-corrected chi connectivity index (χ2v) is 39.8.